The lowest BCUT2D eigenvalue weighted by molar-refractivity contribution is -0.557. The van der Waals surface area contributed by atoms with E-state index in [0.717, 1.165) is 22.3 Å². The van der Waals surface area contributed by atoms with Gasteiger partial charge in [-0.05, 0) is 47.9 Å². The molecule has 2 aliphatic rings. The Morgan fingerprint density at radius 1 is 0.362 bits per heavy atom. The van der Waals surface area contributed by atoms with Crippen LogP contribution in [0.15, 0.2) is 121 Å². The summed E-state index contributed by atoms with van der Waals surface area (Å²) < 4.78 is 49.8. The van der Waals surface area contributed by atoms with Crippen LogP contribution in [0, 0.1) is 5.41 Å². The molecule has 0 amide bonds. The summed E-state index contributed by atoms with van der Waals surface area (Å²) in [6.45, 7) is 2.43. The Kier molecular flexibility index (Phi) is 11.8. The van der Waals surface area contributed by atoms with E-state index in [9.17, 15) is 0 Å². The third-order valence-corrected chi connectivity index (χ3v) is 8.27. The molecule has 8 nitrogen and oxygen atoms in total. The Bertz CT molecular complexity index is 1220. The first-order chi connectivity index (χ1) is 23.1. The first-order valence-electron chi connectivity index (χ1n) is 16.4. The summed E-state index contributed by atoms with van der Waals surface area (Å²) in [7, 11) is 0. The van der Waals surface area contributed by atoms with Gasteiger partial charge in [0.1, 0.15) is 0 Å². The van der Waals surface area contributed by atoms with Gasteiger partial charge >= 0.3 is 12.3 Å². The van der Waals surface area contributed by atoms with Crippen molar-refractivity contribution in [2.24, 2.45) is 5.41 Å². The molecule has 2 aliphatic heterocycles. The van der Waals surface area contributed by atoms with Crippen LogP contribution in [0.25, 0.3) is 0 Å². The van der Waals surface area contributed by atoms with Crippen molar-refractivity contribution in [2.75, 3.05) is 52.9 Å². The third-order valence-electron chi connectivity index (χ3n) is 8.27. The number of hydrogen-bond acceptors (Lipinski definition) is 8. The molecule has 6 rings (SSSR count). The number of benzene rings is 4. The molecule has 2 fully saturated rings. The summed E-state index contributed by atoms with van der Waals surface area (Å²) in [5, 5.41) is 0. The largest absolute Gasteiger partial charge is 0.412 e. The molecule has 47 heavy (non-hydrogen) atoms. The van der Waals surface area contributed by atoms with Gasteiger partial charge in [0, 0.05) is 0 Å². The molecule has 248 valence electrons. The molecule has 0 aliphatic carbocycles. The van der Waals surface area contributed by atoms with Crippen LogP contribution in [-0.2, 0) is 63.6 Å². The molecule has 4 aromatic rings. The van der Waals surface area contributed by atoms with E-state index in [1.165, 1.54) is 0 Å². The zero-order chi connectivity index (χ0) is 32.1. The van der Waals surface area contributed by atoms with E-state index in [1.807, 2.05) is 72.8 Å². The Morgan fingerprint density at radius 3 is 0.830 bits per heavy atom. The molecular weight excluding hydrogens is 596 g/mol. The lowest BCUT2D eigenvalue weighted by Crippen LogP contribution is -2.61. The van der Waals surface area contributed by atoms with Crippen LogP contribution in [-0.4, -0.2) is 65.2 Å². The highest BCUT2D eigenvalue weighted by Gasteiger charge is 2.54. The second kappa shape index (κ2) is 16.6. The Morgan fingerprint density at radius 2 is 0.596 bits per heavy atom. The predicted molar refractivity (Wildman–Crippen MR) is 176 cm³/mol. The first-order valence-corrected chi connectivity index (χ1v) is 16.4. The van der Waals surface area contributed by atoms with Crippen LogP contribution in [0.5, 0.6) is 0 Å². The molecule has 0 aromatic heterocycles. The van der Waals surface area contributed by atoms with Crippen molar-refractivity contribution in [2.45, 2.75) is 38.0 Å². The van der Waals surface area contributed by atoms with Gasteiger partial charge in [-0.15, -0.1) is 0 Å². The van der Waals surface area contributed by atoms with Crippen LogP contribution in [0.4, 0.5) is 0 Å². The maximum absolute atomic E-state index is 6.27. The summed E-state index contributed by atoms with van der Waals surface area (Å²) in [5.41, 5.74) is 4.03. The van der Waals surface area contributed by atoms with Crippen molar-refractivity contribution < 1.29 is 37.9 Å². The zero-order valence-electron chi connectivity index (χ0n) is 26.8. The fourth-order valence-corrected chi connectivity index (χ4v) is 5.47. The van der Waals surface area contributed by atoms with Gasteiger partial charge in [0.15, 0.2) is 0 Å². The van der Waals surface area contributed by atoms with E-state index >= 15 is 0 Å². The highest BCUT2D eigenvalue weighted by molar-refractivity contribution is 5.17. The van der Waals surface area contributed by atoms with Gasteiger partial charge < -0.3 is 37.9 Å². The predicted octanol–water partition coefficient (Wildman–Crippen LogP) is 6.33. The SMILES string of the molecule is c1ccc(CCOC2(OCCc3ccccc3)OCC3(CO2)COC(OCCc2ccccc2)(OCCc2ccccc2)OC3)cc1. The maximum Gasteiger partial charge on any atom is 0.412 e. The lowest BCUT2D eigenvalue weighted by atomic mass is 9.91. The zero-order valence-corrected chi connectivity index (χ0v) is 26.8. The topological polar surface area (TPSA) is 73.8 Å². The summed E-state index contributed by atoms with van der Waals surface area (Å²) in [6, 6.07) is 40.6. The minimum absolute atomic E-state index is 0.244. The fourth-order valence-electron chi connectivity index (χ4n) is 5.47. The van der Waals surface area contributed by atoms with Gasteiger partial charge in [-0.3, -0.25) is 0 Å². The normalized spacial score (nSPS) is 18.2. The van der Waals surface area contributed by atoms with Crippen LogP contribution < -0.4 is 0 Å². The van der Waals surface area contributed by atoms with E-state index in [-0.39, 0.29) is 26.4 Å². The van der Waals surface area contributed by atoms with Crippen LogP contribution in [0.3, 0.4) is 0 Å². The minimum Gasteiger partial charge on any atom is -0.303 e. The fraction of sp³-hybridized carbons (Fsp3) is 0.385. The molecule has 0 radical (unpaired) electrons. The molecule has 8 heteroatoms. The summed E-state index contributed by atoms with van der Waals surface area (Å²) in [4.78, 5) is 0. The van der Waals surface area contributed by atoms with E-state index in [2.05, 4.69) is 48.5 Å². The molecule has 0 N–H and O–H groups in total. The first kappa shape index (κ1) is 33.5. The third kappa shape index (κ3) is 9.79. The lowest BCUT2D eigenvalue weighted by Gasteiger charge is -2.48. The average molecular weight is 641 g/mol. The minimum atomic E-state index is -1.62. The van der Waals surface area contributed by atoms with Crippen molar-refractivity contribution >= 4 is 0 Å². The molecule has 0 saturated carbocycles. The summed E-state index contributed by atoms with van der Waals surface area (Å²) in [5.74, 6) is 0. The van der Waals surface area contributed by atoms with Gasteiger partial charge in [-0.25, -0.2) is 0 Å². The monoisotopic (exact) mass is 640 g/mol. The second-order valence-corrected chi connectivity index (χ2v) is 12.0. The van der Waals surface area contributed by atoms with Gasteiger partial charge in [-0.1, -0.05) is 121 Å². The standard InChI is InChI=1S/C39H44O8/c1-5-13-33(14-6-1)21-25-40-38(41-26-22-34-15-7-2-8-16-34)44-29-37(30-45-38)31-46-39(47-32-37,42-27-23-35-17-9-3-10-18-35)43-28-24-36-19-11-4-12-20-36/h1-20H,21-32H2. The van der Waals surface area contributed by atoms with E-state index in [4.69, 9.17) is 37.9 Å². The molecule has 0 unspecified atom stereocenters. The molecule has 0 atom stereocenters. The highest BCUT2D eigenvalue weighted by Crippen LogP contribution is 2.38. The van der Waals surface area contributed by atoms with Crippen molar-refractivity contribution in [1.82, 2.24) is 0 Å². The Labute approximate surface area is 277 Å². The molecular formula is C39H44O8. The van der Waals surface area contributed by atoms with Gasteiger partial charge in [-0.2, -0.15) is 0 Å². The summed E-state index contributed by atoms with van der Waals surface area (Å²) >= 11 is 0. The van der Waals surface area contributed by atoms with Crippen LogP contribution in [0.2, 0.25) is 0 Å². The van der Waals surface area contributed by atoms with Crippen molar-refractivity contribution in [3.63, 3.8) is 0 Å². The quantitative estimate of drug-likeness (QED) is 0.132. The Balaban J connectivity index is 1.06. The Hall–Kier alpha value is -3.44. The molecule has 2 heterocycles. The average Bonchev–Trinajstić information content (AvgIpc) is 3.13. The molecule has 0 bridgehead atoms. The summed E-state index contributed by atoms with van der Waals surface area (Å²) in [6.07, 6.45) is -0.477. The van der Waals surface area contributed by atoms with Crippen LogP contribution >= 0.6 is 0 Å². The molecule has 4 aromatic carbocycles. The number of rotatable bonds is 16. The molecule has 2 saturated heterocycles. The number of ether oxygens (including phenoxy) is 8. The van der Waals surface area contributed by atoms with Gasteiger partial charge in [0.25, 0.3) is 0 Å². The van der Waals surface area contributed by atoms with Crippen molar-refractivity contribution in [3.8, 4) is 0 Å². The van der Waals surface area contributed by atoms with Gasteiger partial charge in [0.05, 0.1) is 58.3 Å². The molecule has 1 spiro atoms. The van der Waals surface area contributed by atoms with E-state index in [1.54, 1.807) is 0 Å². The number of hydrogen-bond donors (Lipinski definition) is 0. The van der Waals surface area contributed by atoms with Crippen LogP contribution in [0.1, 0.15) is 22.3 Å². The van der Waals surface area contributed by atoms with E-state index < -0.39 is 17.7 Å². The van der Waals surface area contributed by atoms with E-state index in [0.29, 0.717) is 52.1 Å². The maximum atomic E-state index is 6.27. The van der Waals surface area contributed by atoms with Crippen molar-refractivity contribution in [3.05, 3.63) is 144 Å². The smallest absolute Gasteiger partial charge is 0.303 e. The van der Waals surface area contributed by atoms with Gasteiger partial charge in [0.2, 0.25) is 0 Å². The second-order valence-electron chi connectivity index (χ2n) is 12.0. The highest BCUT2D eigenvalue weighted by atomic mass is 17.0. The van der Waals surface area contributed by atoms with Crippen molar-refractivity contribution in [1.29, 1.82) is 0 Å².